The van der Waals surface area contributed by atoms with Gasteiger partial charge in [0.2, 0.25) is 11.8 Å². The monoisotopic (exact) mass is 321 g/mol. The molecule has 7 nitrogen and oxygen atoms in total. The van der Waals surface area contributed by atoms with Crippen LogP contribution in [0.5, 0.6) is 0 Å². The van der Waals surface area contributed by atoms with E-state index >= 15 is 0 Å². The lowest BCUT2D eigenvalue weighted by Crippen LogP contribution is -2.35. The van der Waals surface area contributed by atoms with Crippen LogP contribution in [0.1, 0.15) is 12.5 Å². The van der Waals surface area contributed by atoms with Crippen molar-refractivity contribution in [1.29, 1.82) is 0 Å². The van der Waals surface area contributed by atoms with E-state index in [9.17, 15) is 9.59 Å². The second-order valence-electron chi connectivity index (χ2n) is 4.43. The Labute approximate surface area is 131 Å². The summed E-state index contributed by atoms with van der Waals surface area (Å²) in [7, 11) is 1.19. The standard InChI is InChI=1S/C14H15N3O4S/c1-8-6-4-5-7-10(8)12-16-17-14(21-12)22-9(2)11(18)15-13(19)20-3/h4-7,9H,1-3H3,(H,15,18,19)/t9-/m0/s1. The first-order valence-corrected chi connectivity index (χ1v) is 7.34. The summed E-state index contributed by atoms with van der Waals surface area (Å²) in [5.41, 5.74) is 1.85. The summed E-state index contributed by atoms with van der Waals surface area (Å²) in [6.07, 6.45) is -0.802. The lowest BCUT2D eigenvalue weighted by Gasteiger charge is -2.07. The zero-order valence-corrected chi connectivity index (χ0v) is 13.1. The summed E-state index contributed by atoms with van der Waals surface area (Å²) in [5.74, 6) is -0.103. The average Bonchev–Trinajstić information content (AvgIpc) is 2.95. The summed E-state index contributed by atoms with van der Waals surface area (Å²) < 4.78 is 9.91. The van der Waals surface area contributed by atoms with Crippen LogP contribution in [0.2, 0.25) is 0 Å². The van der Waals surface area contributed by atoms with Crippen LogP contribution in [0.25, 0.3) is 11.5 Å². The minimum atomic E-state index is -0.802. The normalized spacial score (nSPS) is 11.8. The Hall–Kier alpha value is -2.35. The Morgan fingerprint density at radius 3 is 2.73 bits per heavy atom. The highest BCUT2D eigenvalue weighted by Crippen LogP contribution is 2.27. The highest BCUT2D eigenvalue weighted by Gasteiger charge is 2.20. The highest BCUT2D eigenvalue weighted by atomic mass is 32.2. The molecule has 0 aliphatic rings. The molecule has 0 fully saturated rings. The van der Waals surface area contributed by atoms with Gasteiger partial charge in [0, 0.05) is 5.56 Å². The molecule has 22 heavy (non-hydrogen) atoms. The first-order valence-electron chi connectivity index (χ1n) is 6.46. The molecule has 0 aliphatic carbocycles. The third kappa shape index (κ3) is 3.85. The number of hydrogen-bond acceptors (Lipinski definition) is 7. The van der Waals surface area contributed by atoms with E-state index in [4.69, 9.17) is 4.42 Å². The van der Waals surface area contributed by atoms with Gasteiger partial charge in [-0.1, -0.05) is 30.0 Å². The molecule has 1 aromatic carbocycles. The number of carbonyl (C=O) groups excluding carboxylic acids is 2. The first kappa shape index (κ1) is 16.0. The molecule has 1 atom stereocenters. The molecule has 2 rings (SSSR count). The van der Waals surface area contributed by atoms with E-state index in [1.54, 1.807) is 6.92 Å². The van der Waals surface area contributed by atoms with Crippen LogP contribution in [0.3, 0.4) is 0 Å². The number of benzene rings is 1. The minimum absolute atomic E-state index is 0.255. The van der Waals surface area contributed by atoms with Crippen molar-refractivity contribution in [2.24, 2.45) is 0 Å². The van der Waals surface area contributed by atoms with Crippen molar-refractivity contribution in [3.63, 3.8) is 0 Å². The fourth-order valence-electron chi connectivity index (χ4n) is 1.64. The molecule has 0 saturated carbocycles. The largest absolute Gasteiger partial charge is 0.453 e. The second kappa shape index (κ2) is 7.08. The van der Waals surface area contributed by atoms with Crippen LogP contribution in [-0.2, 0) is 9.53 Å². The van der Waals surface area contributed by atoms with Crippen molar-refractivity contribution in [2.75, 3.05) is 7.11 Å². The fourth-order valence-corrected chi connectivity index (χ4v) is 2.32. The topological polar surface area (TPSA) is 94.3 Å². The lowest BCUT2D eigenvalue weighted by molar-refractivity contribution is -0.119. The van der Waals surface area contributed by atoms with Crippen molar-refractivity contribution in [2.45, 2.75) is 24.3 Å². The van der Waals surface area contributed by atoms with Gasteiger partial charge in [-0.05, 0) is 25.5 Å². The van der Waals surface area contributed by atoms with Gasteiger partial charge in [0.05, 0.1) is 12.4 Å². The fraction of sp³-hybridized carbons (Fsp3) is 0.286. The Morgan fingerprint density at radius 1 is 1.32 bits per heavy atom. The number of nitrogens with one attached hydrogen (secondary N) is 1. The number of hydrogen-bond donors (Lipinski definition) is 1. The number of methoxy groups -OCH3 is 1. The molecule has 0 aliphatic heterocycles. The maximum atomic E-state index is 11.7. The van der Waals surface area contributed by atoms with E-state index in [1.807, 2.05) is 31.2 Å². The maximum absolute atomic E-state index is 11.7. The maximum Gasteiger partial charge on any atom is 0.413 e. The van der Waals surface area contributed by atoms with Crippen LogP contribution < -0.4 is 5.32 Å². The van der Waals surface area contributed by atoms with E-state index in [0.717, 1.165) is 22.9 Å². The van der Waals surface area contributed by atoms with Crippen molar-refractivity contribution in [3.8, 4) is 11.5 Å². The van der Waals surface area contributed by atoms with E-state index in [-0.39, 0.29) is 5.22 Å². The molecular weight excluding hydrogens is 306 g/mol. The summed E-state index contributed by atoms with van der Waals surface area (Å²) >= 11 is 1.07. The van der Waals surface area contributed by atoms with Gasteiger partial charge in [-0.2, -0.15) is 0 Å². The number of amides is 2. The van der Waals surface area contributed by atoms with Gasteiger partial charge in [0.15, 0.2) is 0 Å². The van der Waals surface area contributed by atoms with Gasteiger partial charge in [-0.3, -0.25) is 10.1 Å². The van der Waals surface area contributed by atoms with Gasteiger partial charge in [0.25, 0.3) is 5.22 Å². The molecule has 1 aromatic heterocycles. The smallest absolute Gasteiger partial charge is 0.413 e. The highest BCUT2D eigenvalue weighted by molar-refractivity contribution is 8.00. The Kier molecular flexibility index (Phi) is 5.16. The van der Waals surface area contributed by atoms with E-state index in [0.29, 0.717) is 5.89 Å². The number of ether oxygens (including phenoxy) is 1. The Morgan fingerprint density at radius 2 is 2.05 bits per heavy atom. The number of rotatable bonds is 4. The first-order chi connectivity index (χ1) is 10.5. The predicted molar refractivity (Wildman–Crippen MR) is 80.3 cm³/mol. The van der Waals surface area contributed by atoms with Crippen LogP contribution in [0, 0.1) is 6.92 Å². The van der Waals surface area contributed by atoms with Gasteiger partial charge < -0.3 is 9.15 Å². The molecule has 0 bridgehead atoms. The molecule has 0 unspecified atom stereocenters. The third-order valence-electron chi connectivity index (χ3n) is 2.84. The van der Waals surface area contributed by atoms with Crippen molar-refractivity contribution in [1.82, 2.24) is 15.5 Å². The van der Waals surface area contributed by atoms with Gasteiger partial charge in [-0.25, -0.2) is 4.79 Å². The molecule has 1 N–H and O–H groups in total. The summed E-state index contributed by atoms with van der Waals surface area (Å²) in [6.45, 7) is 3.57. The lowest BCUT2D eigenvalue weighted by atomic mass is 10.1. The molecular formula is C14H15N3O4S. The summed E-state index contributed by atoms with van der Waals surface area (Å²) in [5, 5.41) is 9.64. The Bertz CT molecular complexity index is 686. The van der Waals surface area contributed by atoms with E-state index in [1.165, 1.54) is 7.11 Å². The van der Waals surface area contributed by atoms with Crippen LogP contribution >= 0.6 is 11.8 Å². The molecule has 8 heteroatoms. The number of nitrogens with zero attached hydrogens (tertiary/aromatic N) is 2. The van der Waals surface area contributed by atoms with Crippen LogP contribution in [0.15, 0.2) is 33.9 Å². The second-order valence-corrected chi connectivity index (χ2v) is 5.72. The zero-order chi connectivity index (χ0) is 16.1. The molecule has 2 amide bonds. The number of carbonyl (C=O) groups is 2. The minimum Gasteiger partial charge on any atom is -0.453 e. The molecule has 0 spiro atoms. The van der Waals surface area contributed by atoms with Crippen molar-refractivity contribution >= 4 is 23.8 Å². The van der Waals surface area contributed by atoms with Gasteiger partial charge in [-0.15, -0.1) is 10.2 Å². The summed E-state index contributed by atoms with van der Waals surface area (Å²) in [6, 6.07) is 7.62. The molecule has 116 valence electrons. The SMILES string of the molecule is COC(=O)NC(=O)[C@H](C)Sc1nnc(-c2ccccc2C)o1. The number of imide groups is 1. The zero-order valence-electron chi connectivity index (χ0n) is 12.3. The average molecular weight is 321 g/mol. The van der Waals surface area contributed by atoms with Crippen molar-refractivity contribution in [3.05, 3.63) is 29.8 Å². The number of aryl methyl sites for hydroxylation is 1. The molecule has 0 saturated heterocycles. The van der Waals surface area contributed by atoms with Crippen LogP contribution in [-0.4, -0.2) is 34.6 Å². The quantitative estimate of drug-likeness (QED) is 0.864. The number of thioether (sulfide) groups is 1. The molecule has 1 heterocycles. The van der Waals surface area contributed by atoms with Crippen molar-refractivity contribution < 1.29 is 18.7 Å². The van der Waals surface area contributed by atoms with E-state index in [2.05, 4.69) is 20.3 Å². The predicted octanol–water partition coefficient (Wildman–Crippen LogP) is 2.41. The van der Waals surface area contributed by atoms with Crippen LogP contribution in [0.4, 0.5) is 4.79 Å². The third-order valence-corrected chi connectivity index (χ3v) is 3.77. The molecule has 2 aromatic rings. The summed E-state index contributed by atoms with van der Waals surface area (Å²) in [4.78, 5) is 22.7. The molecule has 0 radical (unpaired) electrons. The van der Waals surface area contributed by atoms with E-state index < -0.39 is 17.3 Å². The van der Waals surface area contributed by atoms with Gasteiger partial charge in [0.1, 0.15) is 0 Å². The Balaban J connectivity index is 2.05. The van der Waals surface area contributed by atoms with Gasteiger partial charge >= 0.3 is 6.09 Å². The number of aromatic nitrogens is 2. The number of alkyl carbamates (subject to hydrolysis) is 1.